The summed E-state index contributed by atoms with van der Waals surface area (Å²) in [5.74, 6) is 0. The summed E-state index contributed by atoms with van der Waals surface area (Å²) in [5.41, 5.74) is 9.54. The molecule has 2 heterocycles. The lowest BCUT2D eigenvalue weighted by atomic mass is 10.0. The number of fused-ring (bicyclic) bond motifs is 6. The third-order valence-corrected chi connectivity index (χ3v) is 16.7. The second-order valence-corrected chi connectivity index (χ2v) is 18.6. The molecule has 0 aliphatic rings. The maximum absolute atomic E-state index is 2.92. The molecule has 9 aromatic carbocycles. The van der Waals surface area contributed by atoms with Crippen LogP contribution < -0.4 is 20.7 Å². The van der Waals surface area contributed by atoms with E-state index >= 15 is 0 Å². The van der Waals surface area contributed by atoms with Gasteiger partial charge in [-0.25, -0.2) is 0 Å². The van der Waals surface area contributed by atoms with Crippen molar-refractivity contribution in [3.05, 3.63) is 231 Å². The van der Waals surface area contributed by atoms with Crippen LogP contribution in [0.1, 0.15) is 0 Å². The van der Waals surface area contributed by atoms with E-state index in [1.807, 2.05) is 0 Å². The van der Waals surface area contributed by atoms with Crippen LogP contribution in [0.15, 0.2) is 231 Å². The number of nitrogens with zero attached hydrogens (tertiary/aromatic N) is 2. The van der Waals surface area contributed by atoms with E-state index in [0.29, 0.717) is 0 Å². The summed E-state index contributed by atoms with van der Waals surface area (Å²) >= 11 is 0. The molecule has 0 bridgehead atoms. The lowest BCUT2D eigenvalue weighted by Gasteiger charge is -2.35. The van der Waals surface area contributed by atoms with Gasteiger partial charge in [-0.05, 0) is 68.8 Å². The number of hydrogen-bond acceptors (Lipinski definition) is 0. The van der Waals surface area contributed by atoms with Gasteiger partial charge in [0.25, 0.3) is 0 Å². The highest BCUT2D eigenvalue weighted by molar-refractivity contribution is 7.20. The standard InChI is InChI=1S/C54H38N2Si/c1-6-20-39(21-7-1)45-35-37-52(57(42-24-10-3-11-25-42,43-26-12-4-13-27-43)44-28-14-5-15-29-44)53-47-31-17-19-33-50(47)56(54(45)53)41-34-36-51-48(38-41)46-30-16-18-32-49(46)55(51)40-22-8-2-9-23-40/h1-38H. The summed E-state index contributed by atoms with van der Waals surface area (Å²) in [4.78, 5) is 0. The molecule has 0 aliphatic heterocycles. The molecular weight excluding hydrogens is 705 g/mol. The lowest BCUT2D eigenvalue weighted by Crippen LogP contribution is -2.74. The van der Waals surface area contributed by atoms with Crippen molar-refractivity contribution in [2.45, 2.75) is 0 Å². The molecule has 57 heavy (non-hydrogen) atoms. The zero-order valence-corrected chi connectivity index (χ0v) is 32.3. The van der Waals surface area contributed by atoms with Gasteiger partial charge in [-0.3, -0.25) is 0 Å². The van der Waals surface area contributed by atoms with Gasteiger partial charge in [0.05, 0.1) is 22.1 Å². The summed E-state index contributed by atoms with van der Waals surface area (Å²) in [6.07, 6.45) is 0. The Morgan fingerprint density at radius 3 is 1.39 bits per heavy atom. The minimum atomic E-state index is -2.92. The summed E-state index contributed by atoms with van der Waals surface area (Å²) < 4.78 is 4.94. The SMILES string of the molecule is c1ccc(-c2ccc([Si](c3ccccc3)(c3ccccc3)c3ccccc3)c3c4ccccc4n(-c4ccc5c(c4)c4ccccc4n5-c4ccccc4)c23)cc1. The Kier molecular flexibility index (Phi) is 7.87. The average Bonchev–Trinajstić information content (AvgIpc) is 3.82. The fraction of sp³-hybridized carbons (Fsp3) is 0. The fourth-order valence-corrected chi connectivity index (χ4v) is 14.5. The third kappa shape index (κ3) is 5.10. The van der Waals surface area contributed by atoms with Crippen molar-refractivity contribution in [2.75, 3.05) is 0 Å². The molecule has 11 aromatic rings. The van der Waals surface area contributed by atoms with Crippen molar-refractivity contribution in [2.24, 2.45) is 0 Å². The van der Waals surface area contributed by atoms with Crippen LogP contribution in [0.5, 0.6) is 0 Å². The normalized spacial score (nSPS) is 11.9. The van der Waals surface area contributed by atoms with Crippen LogP contribution in [0, 0.1) is 0 Å². The summed E-state index contributed by atoms with van der Waals surface area (Å²) in [6, 6.07) is 85.3. The number of aromatic nitrogens is 2. The zero-order chi connectivity index (χ0) is 37.8. The van der Waals surface area contributed by atoms with Gasteiger partial charge in [-0.15, -0.1) is 0 Å². The fourth-order valence-electron chi connectivity index (χ4n) is 9.51. The van der Waals surface area contributed by atoms with Crippen LogP contribution in [-0.4, -0.2) is 17.2 Å². The molecule has 2 aromatic heterocycles. The van der Waals surface area contributed by atoms with E-state index in [4.69, 9.17) is 0 Å². The smallest absolute Gasteiger partial charge is 0.180 e. The van der Waals surface area contributed by atoms with Gasteiger partial charge >= 0.3 is 0 Å². The molecule has 0 amide bonds. The van der Waals surface area contributed by atoms with Gasteiger partial charge in [0.1, 0.15) is 0 Å². The van der Waals surface area contributed by atoms with Gasteiger partial charge in [-0.1, -0.05) is 188 Å². The first-order chi connectivity index (χ1) is 28.3. The Labute approximate surface area is 333 Å². The Balaban J connectivity index is 1.31. The highest BCUT2D eigenvalue weighted by Crippen LogP contribution is 2.40. The Bertz CT molecular complexity index is 3110. The highest BCUT2D eigenvalue weighted by Gasteiger charge is 2.43. The molecular formula is C54H38N2Si. The summed E-state index contributed by atoms with van der Waals surface area (Å²) in [7, 11) is -2.92. The molecule has 268 valence electrons. The second kappa shape index (κ2) is 13.5. The minimum Gasteiger partial charge on any atom is -0.309 e. The quantitative estimate of drug-likeness (QED) is 0.114. The molecule has 0 saturated heterocycles. The largest absolute Gasteiger partial charge is 0.309 e. The van der Waals surface area contributed by atoms with E-state index in [2.05, 4.69) is 240 Å². The topological polar surface area (TPSA) is 9.86 Å². The Hall–Kier alpha value is -7.20. The predicted molar refractivity (Wildman–Crippen MR) is 244 cm³/mol. The van der Waals surface area contributed by atoms with Gasteiger partial charge < -0.3 is 9.13 Å². The van der Waals surface area contributed by atoms with E-state index in [0.717, 1.165) is 11.4 Å². The second-order valence-electron chi connectivity index (χ2n) is 14.8. The van der Waals surface area contributed by atoms with Crippen molar-refractivity contribution in [3.8, 4) is 22.5 Å². The molecule has 0 saturated carbocycles. The minimum absolute atomic E-state index is 1.14. The summed E-state index contributed by atoms with van der Waals surface area (Å²) in [6.45, 7) is 0. The van der Waals surface area contributed by atoms with Crippen molar-refractivity contribution >= 4 is 72.4 Å². The van der Waals surface area contributed by atoms with Crippen LogP contribution in [0.25, 0.3) is 66.1 Å². The first kappa shape index (κ1) is 33.2. The van der Waals surface area contributed by atoms with Crippen LogP contribution in [-0.2, 0) is 0 Å². The molecule has 0 fully saturated rings. The van der Waals surface area contributed by atoms with Crippen molar-refractivity contribution in [3.63, 3.8) is 0 Å². The van der Waals surface area contributed by atoms with Crippen LogP contribution in [0.3, 0.4) is 0 Å². The first-order valence-electron chi connectivity index (χ1n) is 19.7. The molecule has 0 aliphatic carbocycles. The van der Waals surface area contributed by atoms with Gasteiger partial charge in [0.2, 0.25) is 0 Å². The Morgan fingerprint density at radius 1 is 0.316 bits per heavy atom. The average molecular weight is 743 g/mol. The maximum atomic E-state index is 2.55. The molecule has 0 unspecified atom stereocenters. The first-order valence-corrected chi connectivity index (χ1v) is 21.7. The molecule has 0 N–H and O–H groups in total. The molecule has 0 spiro atoms. The van der Waals surface area contributed by atoms with E-state index in [9.17, 15) is 0 Å². The molecule has 3 heteroatoms. The van der Waals surface area contributed by atoms with Gasteiger partial charge in [-0.2, -0.15) is 0 Å². The van der Waals surface area contributed by atoms with E-state index < -0.39 is 8.07 Å². The zero-order valence-electron chi connectivity index (χ0n) is 31.3. The van der Waals surface area contributed by atoms with Crippen LogP contribution in [0.4, 0.5) is 0 Å². The van der Waals surface area contributed by atoms with Crippen LogP contribution in [0.2, 0.25) is 0 Å². The molecule has 0 atom stereocenters. The van der Waals surface area contributed by atoms with E-state index in [-0.39, 0.29) is 0 Å². The Morgan fingerprint density at radius 2 is 0.789 bits per heavy atom. The van der Waals surface area contributed by atoms with Crippen molar-refractivity contribution < 1.29 is 0 Å². The number of para-hydroxylation sites is 3. The molecule has 2 nitrogen and oxygen atoms in total. The monoisotopic (exact) mass is 742 g/mol. The third-order valence-electron chi connectivity index (χ3n) is 11.9. The molecule has 0 radical (unpaired) electrons. The maximum Gasteiger partial charge on any atom is 0.180 e. The van der Waals surface area contributed by atoms with E-state index in [1.165, 1.54) is 75.5 Å². The van der Waals surface area contributed by atoms with E-state index in [1.54, 1.807) is 0 Å². The van der Waals surface area contributed by atoms with Crippen LogP contribution >= 0.6 is 0 Å². The highest BCUT2D eigenvalue weighted by atomic mass is 28.3. The lowest BCUT2D eigenvalue weighted by molar-refractivity contribution is 1.17. The number of benzene rings is 9. The summed E-state index contributed by atoms with van der Waals surface area (Å²) in [5, 5.41) is 10.5. The number of hydrogen-bond donors (Lipinski definition) is 0. The van der Waals surface area contributed by atoms with Gasteiger partial charge in [0, 0.05) is 38.5 Å². The van der Waals surface area contributed by atoms with Crippen molar-refractivity contribution in [1.82, 2.24) is 9.13 Å². The van der Waals surface area contributed by atoms with Crippen molar-refractivity contribution in [1.29, 1.82) is 0 Å². The van der Waals surface area contributed by atoms with Gasteiger partial charge in [0.15, 0.2) is 8.07 Å². The predicted octanol–water partition coefficient (Wildman–Crippen LogP) is 10.9. The molecule has 11 rings (SSSR count). The number of rotatable bonds is 7.